The summed E-state index contributed by atoms with van der Waals surface area (Å²) >= 11 is 1.16. The molecule has 9 nitrogen and oxygen atoms in total. The van der Waals surface area contributed by atoms with Crippen molar-refractivity contribution in [2.24, 2.45) is 0 Å². The van der Waals surface area contributed by atoms with Crippen molar-refractivity contribution in [3.8, 4) is 5.69 Å². The highest BCUT2D eigenvalue weighted by Gasteiger charge is 2.18. The number of amides is 1. The molecule has 10 heteroatoms. The molecular formula is C9H9N5O4S. The number of carbonyl (C=O) groups excluding carboxylic acids is 1. The molecule has 0 radical (unpaired) electrons. The van der Waals surface area contributed by atoms with Crippen LogP contribution in [0.5, 0.6) is 0 Å². The van der Waals surface area contributed by atoms with Crippen molar-refractivity contribution in [3.05, 3.63) is 22.7 Å². The summed E-state index contributed by atoms with van der Waals surface area (Å²) in [5, 5.41) is 32.2. The summed E-state index contributed by atoms with van der Waals surface area (Å²) in [6.45, 7) is -0.374. The van der Waals surface area contributed by atoms with Gasteiger partial charge in [0.25, 0.3) is 5.91 Å². The lowest BCUT2D eigenvalue weighted by Gasteiger charge is -2.07. The third-order valence-corrected chi connectivity index (χ3v) is 3.09. The number of carboxylic acid groups (broad SMARTS) is 1. The van der Waals surface area contributed by atoms with Gasteiger partial charge in [-0.1, -0.05) is 0 Å². The first-order valence-electron chi connectivity index (χ1n) is 5.09. The second-order valence-corrected chi connectivity index (χ2v) is 4.37. The molecule has 0 aliphatic carbocycles. The first-order valence-corrected chi connectivity index (χ1v) is 5.97. The van der Waals surface area contributed by atoms with E-state index in [1.54, 1.807) is 11.4 Å². The highest BCUT2D eigenvalue weighted by atomic mass is 32.1. The van der Waals surface area contributed by atoms with Gasteiger partial charge in [-0.05, 0) is 21.9 Å². The fourth-order valence-corrected chi connectivity index (χ4v) is 2.08. The monoisotopic (exact) mass is 283 g/mol. The van der Waals surface area contributed by atoms with Crippen molar-refractivity contribution < 1.29 is 19.8 Å². The number of hydrogen-bond donors (Lipinski definition) is 3. The highest BCUT2D eigenvalue weighted by molar-refractivity contribution is 7.12. The van der Waals surface area contributed by atoms with Gasteiger partial charge in [0.15, 0.2) is 6.10 Å². The van der Waals surface area contributed by atoms with Crippen LogP contribution < -0.4 is 5.32 Å². The van der Waals surface area contributed by atoms with E-state index in [1.807, 2.05) is 0 Å². The summed E-state index contributed by atoms with van der Waals surface area (Å²) in [6.07, 6.45) is -0.300. The summed E-state index contributed by atoms with van der Waals surface area (Å²) in [6, 6.07) is 1.66. The minimum Gasteiger partial charge on any atom is -0.479 e. The molecule has 1 atom stereocenters. The first kappa shape index (κ1) is 13.1. The summed E-state index contributed by atoms with van der Waals surface area (Å²) in [7, 11) is 0. The van der Waals surface area contributed by atoms with Gasteiger partial charge in [0.1, 0.15) is 11.2 Å². The maximum absolute atomic E-state index is 11.9. The maximum Gasteiger partial charge on any atom is 0.334 e. The SMILES string of the molecule is O=C(NCC(O)C(=O)O)c1sccc1-n1cnnn1. The number of aliphatic hydroxyl groups excluding tert-OH is 1. The Morgan fingerprint density at radius 3 is 2.95 bits per heavy atom. The van der Waals surface area contributed by atoms with Crippen molar-refractivity contribution in [1.29, 1.82) is 0 Å². The van der Waals surface area contributed by atoms with Crippen molar-refractivity contribution in [1.82, 2.24) is 25.5 Å². The molecule has 0 aliphatic rings. The van der Waals surface area contributed by atoms with Gasteiger partial charge >= 0.3 is 5.97 Å². The van der Waals surface area contributed by atoms with E-state index < -0.39 is 18.0 Å². The van der Waals surface area contributed by atoms with E-state index in [1.165, 1.54) is 11.0 Å². The van der Waals surface area contributed by atoms with Crippen molar-refractivity contribution >= 4 is 23.2 Å². The second kappa shape index (κ2) is 5.54. The normalized spacial score (nSPS) is 12.1. The van der Waals surface area contributed by atoms with Crippen LogP contribution in [0.1, 0.15) is 9.67 Å². The van der Waals surface area contributed by atoms with E-state index in [9.17, 15) is 9.59 Å². The second-order valence-electron chi connectivity index (χ2n) is 3.45. The van der Waals surface area contributed by atoms with Crippen molar-refractivity contribution in [2.75, 3.05) is 6.54 Å². The van der Waals surface area contributed by atoms with Crippen LogP contribution in [0.4, 0.5) is 0 Å². The van der Waals surface area contributed by atoms with Gasteiger partial charge in [-0.3, -0.25) is 4.79 Å². The third-order valence-electron chi connectivity index (χ3n) is 2.19. The average molecular weight is 283 g/mol. The third kappa shape index (κ3) is 2.92. The van der Waals surface area contributed by atoms with Gasteiger partial charge in [0.05, 0.1) is 12.2 Å². The molecule has 0 bridgehead atoms. The van der Waals surface area contributed by atoms with E-state index in [4.69, 9.17) is 10.2 Å². The smallest absolute Gasteiger partial charge is 0.334 e. The number of aliphatic hydroxyl groups is 1. The largest absolute Gasteiger partial charge is 0.479 e. The molecule has 0 spiro atoms. The molecule has 0 aromatic carbocycles. The fraction of sp³-hybridized carbons (Fsp3) is 0.222. The molecule has 2 aromatic heterocycles. The first-order chi connectivity index (χ1) is 9.09. The summed E-state index contributed by atoms with van der Waals surface area (Å²) in [4.78, 5) is 22.6. The number of nitrogens with one attached hydrogen (secondary N) is 1. The Morgan fingerprint density at radius 2 is 2.32 bits per heavy atom. The van der Waals surface area contributed by atoms with Crippen molar-refractivity contribution in [3.63, 3.8) is 0 Å². The lowest BCUT2D eigenvalue weighted by Crippen LogP contribution is -2.36. The lowest BCUT2D eigenvalue weighted by atomic mass is 10.3. The topological polar surface area (TPSA) is 130 Å². The minimum absolute atomic E-state index is 0.324. The number of tetrazole rings is 1. The van der Waals surface area contributed by atoms with E-state index in [0.717, 1.165) is 11.3 Å². The minimum atomic E-state index is -1.64. The molecular weight excluding hydrogens is 274 g/mol. The molecule has 2 heterocycles. The molecule has 3 N–H and O–H groups in total. The van der Waals surface area contributed by atoms with E-state index in [-0.39, 0.29) is 6.54 Å². The Morgan fingerprint density at radius 1 is 1.53 bits per heavy atom. The van der Waals surface area contributed by atoms with E-state index in [0.29, 0.717) is 10.6 Å². The number of aromatic nitrogens is 4. The van der Waals surface area contributed by atoms with Gasteiger partial charge in [0.2, 0.25) is 0 Å². The fourth-order valence-electron chi connectivity index (χ4n) is 1.28. The number of carbonyl (C=O) groups is 2. The maximum atomic E-state index is 11.9. The predicted molar refractivity (Wildman–Crippen MR) is 63.0 cm³/mol. The Bertz CT molecular complexity index is 581. The van der Waals surface area contributed by atoms with Gasteiger partial charge in [0, 0.05) is 0 Å². The van der Waals surface area contributed by atoms with E-state index >= 15 is 0 Å². The quantitative estimate of drug-likeness (QED) is 0.634. The van der Waals surface area contributed by atoms with E-state index in [2.05, 4.69) is 20.8 Å². The van der Waals surface area contributed by atoms with Crippen LogP contribution in [0, 0.1) is 0 Å². The van der Waals surface area contributed by atoms with Crippen LogP contribution in [-0.2, 0) is 4.79 Å². The number of nitrogens with zero attached hydrogens (tertiary/aromatic N) is 4. The Balaban J connectivity index is 2.08. The van der Waals surface area contributed by atoms with Gasteiger partial charge < -0.3 is 15.5 Å². The number of aliphatic carboxylic acids is 1. The molecule has 2 rings (SSSR count). The van der Waals surface area contributed by atoms with Gasteiger partial charge in [-0.15, -0.1) is 16.4 Å². The Labute approximate surface area is 110 Å². The molecule has 100 valence electrons. The number of carboxylic acids is 1. The molecule has 0 saturated heterocycles. The molecule has 1 amide bonds. The van der Waals surface area contributed by atoms with Crippen LogP contribution in [0.15, 0.2) is 17.8 Å². The van der Waals surface area contributed by atoms with Crippen LogP contribution in [0.25, 0.3) is 5.69 Å². The highest BCUT2D eigenvalue weighted by Crippen LogP contribution is 2.19. The number of rotatable bonds is 5. The molecule has 0 fully saturated rings. The van der Waals surface area contributed by atoms with Crippen LogP contribution >= 0.6 is 11.3 Å². The van der Waals surface area contributed by atoms with Crippen LogP contribution in [0.3, 0.4) is 0 Å². The van der Waals surface area contributed by atoms with Crippen molar-refractivity contribution in [2.45, 2.75) is 6.10 Å². The Hall–Kier alpha value is -2.33. The summed E-state index contributed by atoms with van der Waals surface area (Å²) < 4.78 is 1.32. The lowest BCUT2D eigenvalue weighted by molar-refractivity contribution is -0.146. The van der Waals surface area contributed by atoms with Gasteiger partial charge in [-0.25, -0.2) is 4.79 Å². The zero-order valence-corrected chi connectivity index (χ0v) is 10.2. The van der Waals surface area contributed by atoms with Gasteiger partial charge in [-0.2, -0.15) is 4.68 Å². The predicted octanol–water partition coefficient (Wildman–Crippen LogP) is -1.10. The average Bonchev–Trinajstić information content (AvgIpc) is 3.04. The number of thiophene rings is 1. The van der Waals surface area contributed by atoms with Crippen LogP contribution in [-0.4, -0.2) is 54.9 Å². The Kier molecular flexibility index (Phi) is 3.82. The standard InChI is InChI=1S/C9H9N5O4S/c15-6(9(17)18)3-10-8(16)7-5(1-2-19-7)14-4-11-12-13-14/h1-2,4,6,15H,3H2,(H,10,16)(H,17,18). The zero-order chi connectivity index (χ0) is 13.8. The molecule has 19 heavy (non-hydrogen) atoms. The molecule has 1 unspecified atom stereocenters. The zero-order valence-electron chi connectivity index (χ0n) is 9.42. The summed E-state index contributed by atoms with van der Waals surface area (Å²) in [5.41, 5.74) is 0.484. The van der Waals surface area contributed by atoms with Crippen LogP contribution in [0.2, 0.25) is 0 Å². The summed E-state index contributed by atoms with van der Waals surface area (Å²) in [5.74, 6) is -1.90. The molecule has 0 aliphatic heterocycles. The molecule has 0 saturated carbocycles. The molecule has 2 aromatic rings. The number of hydrogen-bond acceptors (Lipinski definition) is 7.